The number of amides is 3. The van der Waals surface area contributed by atoms with Crippen LogP contribution in [0.2, 0.25) is 0 Å². The smallest absolute Gasteiger partial charge is 0.323 e. The molecule has 2 rings (SSSR count). The molecule has 0 saturated carbocycles. The molecule has 132 valence electrons. The second kappa shape index (κ2) is 9.44. The predicted octanol–water partition coefficient (Wildman–Crippen LogP) is 3.01. The first-order chi connectivity index (χ1) is 12.0. The number of carbonyl (C=O) groups excluding carboxylic acids is 2. The Labute approximate surface area is 148 Å². The van der Waals surface area contributed by atoms with Crippen LogP contribution in [0.3, 0.4) is 0 Å². The number of nitrogens with zero attached hydrogens (tertiary/aromatic N) is 1. The second-order valence-corrected chi connectivity index (χ2v) is 5.94. The molecule has 0 aliphatic rings. The first-order valence-corrected chi connectivity index (χ1v) is 8.20. The highest BCUT2D eigenvalue weighted by Gasteiger charge is 2.06. The number of urea groups is 1. The van der Waals surface area contributed by atoms with Gasteiger partial charge in [0.25, 0.3) is 5.91 Å². The van der Waals surface area contributed by atoms with Crippen molar-refractivity contribution in [2.45, 2.75) is 6.42 Å². The standard InChI is InChI=1S/C19H24N4O2/c1-23(2)14-6-13-20-18(24)15-9-11-17(12-10-15)22-19(25)21-16-7-4-3-5-8-16/h3-5,7-12H,6,13-14H2,1-2H3,(H,20,24)(H2,21,22,25). The van der Waals surface area contributed by atoms with Gasteiger partial charge in [0.15, 0.2) is 0 Å². The van der Waals surface area contributed by atoms with E-state index in [1.54, 1.807) is 24.3 Å². The van der Waals surface area contributed by atoms with Crippen molar-refractivity contribution in [3.05, 3.63) is 60.2 Å². The number of para-hydroxylation sites is 1. The molecule has 3 amide bonds. The zero-order valence-electron chi connectivity index (χ0n) is 14.6. The Bertz CT molecular complexity index is 684. The SMILES string of the molecule is CN(C)CCCNC(=O)c1ccc(NC(=O)Nc2ccccc2)cc1. The zero-order valence-corrected chi connectivity index (χ0v) is 14.6. The maximum atomic E-state index is 12.0. The fourth-order valence-corrected chi connectivity index (χ4v) is 2.22. The maximum Gasteiger partial charge on any atom is 0.323 e. The lowest BCUT2D eigenvalue weighted by molar-refractivity contribution is 0.0952. The average molecular weight is 340 g/mol. The molecule has 0 radical (unpaired) electrons. The third-order valence-corrected chi connectivity index (χ3v) is 3.50. The molecule has 0 fully saturated rings. The van der Waals surface area contributed by atoms with Gasteiger partial charge < -0.3 is 20.9 Å². The number of nitrogens with one attached hydrogen (secondary N) is 3. The van der Waals surface area contributed by atoms with Crippen molar-refractivity contribution in [1.29, 1.82) is 0 Å². The molecule has 0 atom stereocenters. The van der Waals surface area contributed by atoms with Gasteiger partial charge in [-0.3, -0.25) is 4.79 Å². The fraction of sp³-hybridized carbons (Fsp3) is 0.263. The average Bonchev–Trinajstić information content (AvgIpc) is 2.60. The first kappa shape index (κ1) is 18.5. The van der Waals surface area contributed by atoms with E-state index >= 15 is 0 Å². The van der Waals surface area contributed by atoms with Crippen molar-refractivity contribution in [2.24, 2.45) is 0 Å². The van der Waals surface area contributed by atoms with Crippen molar-refractivity contribution in [1.82, 2.24) is 10.2 Å². The van der Waals surface area contributed by atoms with Crippen molar-refractivity contribution >= 4 is 23.3 Å². The highest BCUT2D eigenvalue weighted by atomic mass is 16.2. The van der Waals surface area contributed by atoms with Gasteiger partial charge in [0.1, 0.15) is 0 Å². The molecule has 0 spiro atoms. The molecule has 0 aliphatic carbocycles. The molecule has 0 aromatic heterocycles. The minimum Gasteiger partial charge on any atom is -0.352 e. The summed E-state index contributed by atoms with van der Waals surface area (Å²) in [4.78, 5) is 26.0. The highest BCUT2D eigenvalue weighted by Crippen LogP contribution is 2.11. The van der Waals surface area contributed by atoms with Gasteiger partial charge in [-0.1, -0.05) is 18.2 Å². The van der Waals surface area contributed by atoms with Crippen LogP contribution in [0.15, 0.2) is 54.6 Å². The van der Waals surface area contributed by atoms with Crippen LogP contribution in [-0.4, -0.2) is 44.0 Å². The van der Waals surface area contributed by atoms with Crippen molar-refractivity contribution in [3.63, 3.8) is 0 Å². The number of carbonyl (C=O) groups is 2. The van der Waals surface area contributed by atoms with E-state index < -0.39 is 0 Å². The summed E-state index contributed by atoms with van der Waals surface area (Å²) in [5, 5.41) is 8.35. The molecule has 0 bridgehead atoms. The van der Waals surface area contributed by atoms with E-state index in [1.165, 1.54) is 0 Å². The summed E-state index contributed by atoms with van der Waals surface area (Å²) in [7, 11) is 4.00. The molecular formula is C19H24N4O2. The molecule has 2 aromatic rings. The van der Waals surface area contributed by atoms with Gasteiger partial charge in [0.05, 0.1) is 0 Å². The van der Waals surface area contributed by atoms with E-state index in [2.05, 4.69) is 20.9 Å². The molecule has 0 saturated heterocycles. The first-order valence-electron chi connectivity index (χ1n) is 8.20. The van der Waals surface area contributed by atoms with E-state index in [0.29, 0.717) is 23.5 Å². The van der Waals surface area contributed by atoms with Crippen molar-refractivity contribution < 1.29 is 9.59 Å². The highest BCUT2D eigenvalue weighted by molar-refractivity contribution is 6.00. The summed E-state index contributed by atoms with van der Waals surface area (Å²) >= 11 is 0. The third kappa shape index (κ3) is 6.64. The Kier molecular flexibility index (Phi) is 6.98. The predicted molar refractivity (Wildman–Crippen MR) is 101 cm³/mol. The summed E-state index contributed by atoms with van der Waals surface area (Å²) < 4.78 is 0. The molecule has 0 unspecified atom stereocenters. The van der Waals surface area contributed by atoms with E-state index in [9.17, 15) is 9.59 Å². The van der Waals surface area contributed by atoms with Crippen LogP contribution in [-0.2, 0) is 0 Å². The molecule has 0 aliphatic heterocycles. The lowest BCUT2D eigenvalue weighted by Gasteiger charge is -2.10. The van der Waals surface area contributed by atoms with Crippen LogP contribution < -0.4 is 16.0 Å². The van der Waals surface area contributed by atoms with Gasteiger partial charge in [0.2, 0.25) is 0 Å². The third-order valence-electron chi connectivity index (χ3n) is 3.50. The largest absolute Gasteiger partial charge is 0.352 e. The molecule has 25 heavy (non-hydrogen) atoms. The van der Waals surface area contributed by atoms with Gasteiger partial charge >= 0.3 is 6.03 Å². The summed E-state index contributed by atoms with van der Waals surface area (Å²) in [6, 6.07) is 15.7. The normalized spacial score (nSPS) is 10.4. The minimum atomic E-state index is -0.327. The van der Waals surface area contributed by atoms with Crippen molar-refractivity contribution in [2.75, 3.05) is 37.8 Å². The Morgan fingerprint density at radius 3 is 2.08 bits per heavy atom. The van der Waals surface area contributed by atoms with Gasteiger partial charge in [-0.05, 0) is 63.5 Å². The van der Waals surface area contributed by atoms with Gasteiger partial charge in [-0.15, -0.1) is 0 Å². The second-order valence-electron chi connectivity index (χ2n) is 5.94. The van der Waals surface area contributed by atoms with Crippen molar-refractivity contribution in [3.8, 4) is 0 Å². The summed E-state index contributed by atoms with van der Waals surface area (Å²) in [6.45, 7) is 1.57. The van der Waals surface area contributed by atoms with Gasteiger partial charge in [-0.2, -0.15) is 0 Å². The Hall–Kier alpha value is -2.86. The number of benzene rings is 2. The number of hydrogen-bond acceptors (Lipinski definition) is 3. The minimum absolute atomic E-state index is 0.112. The van der Waals surface area contributed by atoms with Crippen LogP contribution in [0.1, 0.15) is 16.8 Å². The molecule has 0 heterocycles. The quantitative estimate of drug-likeness (QED) is 0.678. The molecule has 6 heteroatoms. The van der Waals surface area contributed by atoms with Crippen LogP contribution >= 0.6 is 0 Å². The van der Waals surface area contributed by atoms with E-state index in [1.807, 2.05) is 44.4 Å². The molecule has 2 aromatic carbocycles. The molecule has 3 N–H and O–H groups in total. The van der Waals surface area contributed by atoms with Crippen LogP contribution in [0.4, 0.5) is 16.2 Å². The summed E-state index contributed by atoms with van der Waals surface area (Å²) in [5.41, 5.74) is 1.91. The Morgan fingerprint density at radius 1 is 0.880 bits per heavy atom. The molecular weight excluding hydrogens is 316 g/mol. The fourth-order valence-electron chi connectivity index (χ4n) is 2.22. The topological polar surface area (TPSA) is 73.5 Å². The maximum absolute atomic E-state index is 12.0. The lowest BCUT2D eigenvalue weighted by atomic mass is 10.2. The molecule has 6 nitrogen and oxygen atoms in total. The van der Waals surface area contributed by atoms with Crippen LogP contribution in [0, 0.1) is 0 Å². The van der Waals surface area contributed by atoms with E-state index in [4.69, 9.17) is 0 Å². The Morgan fingerprint density at radius 2 is 1.48 bits per heavy atom. The van der Waals surface area contributed by atoms with Crippen LogP contribution in [0.5, 0.6) is 0 Å². The van der Waals surface area contributed by atoms with E-state index in [-0.39, 0.29) is 11.9 Å². The lowest BCUT2D eigenvalue weighted by Crippen LogP contribution is -2.27. The Balaban J connectivity index is 1.80. The zero-order chi connectivity index (χ0) is 18.1. The summed E-state index contributed by atoms with van der Waals surface area (Å²) in [6.07, 6.45) is 0.901. The number of anilines is 2. The van der Waals surface area contributed by atoms with E-state index in [0.717, 1.165) is 13.0 Å². The van der Waals surface area contributed by atoms with Gasteiger partial charge in [-0.25, -0.2) is 4.79 Å². The van der Waals surface area contributed by atoms with Gasteiger partial charge in [0, 0.05) is 23.5 Å². The number of rotatable bonds is 7. The number of hydrogen-bond donors (Lipinski definition) is 3. The summed E-state index contributed by atoms with van der Waals surface area (Å²) in [5.74, 6) is -0.112. The monoisotopic (exact) mass is 340 g/mol. The van der Waals surface area contributed by atoms with Crippen LogP contribution in [0.25, 0.3) is 0 Å².